The van der Waals surface area contributed by atoms with Gasteiger partial charge in [-0.3, -0.25) is 4.79 Å². The van der Waals surface area contributed by atoms with Gasteiger partial charge in [0.15, 0.2) is 5.78 Å². The monoisotopic (exact) mass is 292 g/mol. The predicted octanol–water partition coefficient (Wildman–Crippen LogP) is 3.48. The van der Waals surface area contributed by atoms with Gasteiger partial charge in [-0.15, -0.1) is 0 Å². The number of hydrogen-bond acceptors (Lipinski definition) is 4. The average Bonchev–Trinajstić information content (AvgIpc) is 2.55. The molecule has 0 N–H and O–H groups in total. The molecule has 1 atom stereocenters. The Kier molecular flexibility index (Phi) is 5.62. The Bertz CT molecular complexity index is 455. The molecule has 4 heteroatoms. The van der Waals surface area contributed by atoms with Crippen molar-refractivity contribution in [3.63, 3.8) is 0 Å². The molecular formula is C17H24O4. The van der Waals surface area contributed by atoms with Gasteiger partial charge in [-0.25, -0.2) is 0 Å². The van der Waals surface area contributed by atoms with E-state index in [2.05, 4.69) is 0 Å². The van der Waals surface area contributed by atoms with E-state index in [4.69, 9.17) is 14.2 Å². The van der Waals surface area contributed by atoms with Crippen molar-refractivity contribution in [2.45, 2.75) is 38.2 Å². The first-order valence-electron chi connectivity index (χ1n) is 7.49. The van der Waals surface area contributed by atoms with E-state index in [9.17, 15) is 4.79 Å². The Labute approximate surface area is 126 Å². The molecule has 1 aromatic rings. The van der Waals surface area contributed by atoms with Crippen molar-refractivity contribution in [3.05, 3.63) is 23.8 Å². The third-order valence-corrected chi connectivity index (χ3v) is 4.23. The molecule has 1 fully saturated rings. The van der Waals surface area contributed by atoms with E-state index in [1.54, 1.807) is 39.5 Å². The van der Waals surface area contributed by atoms with Gasteiger partial charge >= 0.3 is 0 Å². The third-order valence-electron chi connectivity index (χ3n) is 4.23. The molecule has 1 aliphatic carbocycles. The highest BCUT2D eigenvalue weighted by molar-refractivity contribution is 6.00. The van der Waals surface area contributed by atoms with Gasteiger partial charge in [0.05, 0.1) is 14.2 Å². The minimum atomic E-state index is -0.373. The van der Waals surface area contributed by atoms with Gasteiger partial charge in [0.25, 0.3) is 0 Å². The molecule has 1 aliphatic rings. The number of carbonyl (C=O) groups is 1. The zero-order chi connectivity index (χ0) is 15.2. The van der Waals surface area contributed by atoms with Crippen LogP contribution in [0, 0.1) is 5.92 Å². The fourth-order valence-corrected chi connectivity index (χ4v) is 3.06. The van der Waals surface area contributed by atoms with Crippen molar-refractivity contribution in [3.8, 4) is 11.5 Å². The van der Waals surface area contributed by atoms with E-state index in [1.165, 1.54) is 19.3 Å². The van der Waals surface area contributed by atoms with Crippen LogP contribution in [0.1, 0.15) is 42.5 Å². The third kappa shape index (κ3) is 3.76. The van der Waals surface area contributed by atoms with Gasteiger partial charge < -0.3 is 14.2 Å². The first-order chi connectivity index (χ1) is 10.2. The highest BCUT2D eigenvalue weighted by Gasteiger charge is 2.30. The van der Waals surface area contributed by atoms with Crippen LogP contribution in [0.5, 0.6) is 11.5 Å². The summed E-state index contributed by atoms with van der Waals surface area (Å²) in [7, 11) is 4.78. The topological polar surface area (TPSA) is 44.8 Å². The summed E-state index contributed by atoms with van der Waals surface area (Å²) in [4.78, 5) is 12.8. The molecule has 0 spiro atoms. The lowest BCUT2D eigenvalue weighted by atomic mass is 9.82. The maximum atomic E-state index is 12.8. The van der Waals surface area contributed by atoms with Crippen molar-refractivity contribution in [2.75, 3.05) is 21.3 Å². The lowest BCUT2D eigenvalue weighted by Crippen LogP contribution is -2.33. The van der Waals surface area contributed by atoms with E-state index in [1.807, 2.05) is 0 Å². The summed E-state index contributed by atoms with van der Waals surface area (Å²) in [6.07, 6.45) is 5.37. The number of methoxy groups -OCH3 is 3. The molecule has 116 valence electrons. The van der Waals surface area contributed by atoms with Crippen LogP contribution in [0.2, 0.25) is 0 Å². The van der Waals surface area contributed by atoms with Crippen molar-refractivity contribution >= 4 is 5.78 Å². The maximum absolute atomic E-state index is 12.8. The second kappa shape index (κ2) is 7.46. The first-order valence-corrected chi connectivity index (χ1v) is 7.49. The molecule has 0 aliphatic heterocycles. The Morgan fingerprint density at radius 3 is 2.05 bits per heavy atom. The second-order valence-corrected chi connectivity index (χ2v) is 5.52. The number of rotatable bonds is 6. The Hall–Kier alpha value is -1.55. The molecule has 4 nitrogen and oxygen atoms in total. The maximum Gasteiger partial charge on any atom is 0.192 e. The number of carbonyl (C=O) groups excluding carboxylic acids is 1. The summed E-state index contributed by atoms with van der Waals surface area (Å²) in [5, 5.41) is 0. The van der Waals surface area contributed by atoms with Crippen molar-refractivity contribution in [1.82, 2.24) is 0 Å². The Morgan fingerprint density at radius 2 is 1.57 bits per heavy atom. The van der Waals surface area contributed by atoms with Crippen LogP contribution in [-0.2, 0) is 4.74 Å². The molecular weight excluding hydrogens is 268 g/mol. The molecule has 1 aromatic carbocycles. The molecule has 0 saturated heterocycles. The molecule has 21 heavy (non-hydrogen) atoms. The molecule has 2 rings (SSSR count). The van der Waals surface area contributed by atoms with Gasteiger partial charge in [-0.05, 0) is 30.9 Å². The normalized spacial score (nSPS) is 17.3. The fraction of sp³-hybridized carbons (Fsp3) is 0.588. The SMILES string of the molecule is COc1cc(OC)cc(C(=O)C(OC)C2CCCCC2)c1. The number of hydrogen-bond donors (Lipinski definition) is 0. The van der Waals surface area contributed by atoms with Crippen LogP contribution >= 0.6 is 0 Å². The number of benzene rings is 1. The van der Waals surface area contributed by atoms with Crippen LogP contribution in [0.4, 0.5) is 0 Å². The van der Waals surface area contributed by atoms with E-state index in [0.29, 0.717) is 23.0 Å². The van der Waals surface area contributed by atoms with Gasteiger partial charge in [0.2, 0.25) is 0 Å². The quantitative estimate of drug-likeness (QED) is 0.753. The van der Waals surface area contributed by atoms with Crippen molar-refractivity contribution in [2.24, 2.45) is 5.92 Å². The standard InChI is InChI=1S/C17H24O4/c1-19-14-9-13(10-15(11-14)20-2)16(18)17(21-3)12-7-5-4-6-8-12/h9-12,17H,4-8H2,1-3H3. The highest BCUT2D eigenvalue weighted by Crippen LogP contribution is 2.31. The minimum absolute atomic E-state index is 0.0154. The van der Waals surface area contributed by atoms with E-state index in [-0.39, 0.29) is 11.9 Å². The van der Waals surface area contributed by atoms with E-state index >= 15 is 0 Å². The average molecular weight is 292 g/mol. The number of Topliss-reactive ketones (excluding diaryl/α,β-unsaturated/α-hetero) is 1. The number of ether oxygens (including phenoxy) is 3. The van der Waals surface area contributed by atoms with Gasteiger partial charge in [-0.2, -0.15) is 0 Å². The first kappa shape index (κ1) is 15.8. The Morgan fingerprint density at radius 1 is 1.00 bits per heavy atom. The van der Waals surface area contributed by atoms with Crippen LogP contribution < -0.4 is 9.47 Å². The fourth-order valence-electron chi connectivity index (χ4n) is 3.06. The second-order valence-electron chi connectivity index (χ2n) is 5.52. The summed E-state index contributed by atoms with van der Waals surface area (Å²) < 4.78 is 16.0. The van der Waals surface area contributed by atoms with E-state index in [0.717, 1.165) is 12.8 Å². The highest BCUT2D eigenvalue weighted by atomic mass is 16.5. The lowest BCUT2D eigenvalue weighted by Gasteiger charge is -2.28. The summed E-state index contributed by atoms with van der Waals surface area (Å²) in [5.41, 5.74) is 0.587. The minimum Gasteiger partial charge on any atom is -0.497 e. The van der Waals surface area contributed by atoms with Gasteiger partial charge in [0, 0.05) is 18.7 Å². The molecule has 0 bridgehead atoms. The molecule has 0 amide bonds. The Balaban J connectivity index is 2.23. The van der Waals surface area contributed by atoms with Crippen molar-refractivity contribution in [1.29, 1.82) is 0 Å². The van der Waals surface area contributed by atoms with Gasteiger partial charge in [-0.1, -0.05) is 19.3 Å². The van der Waals surface area contributed by atoms with Crippen LogP contribution in [0.25, 0.3) is 0 Å². The summed E-state index contributed by atoms with van der Waals surface area (Å²) in [6, 6.07) is 5.26. The molecule has 0 aromatic heterocycles. The smallest absolute Gasteiger partial charge is 0.192 e. The summed E-state index contributed by atoms with van der Waals surface area (Å²) in [6.45, 7) is 0. The van der Waals surface area contributed by atoms with Crippen LogP contribution in [0.15, 0.2) is 18.2 Å². The molecule has 1 saturated carbocycles. The zero-order valence-electron chi connectivity index (χ0n) is 13.1. The molecule has 0 radical (unpaired) electrons. The zero-order valence-corrected chi connectivity index (χ0v) is 13.1. The largest absolute Gasteiger partial charge is 0.497 e. The van der Waals surface area contributed by atoms with Crippen molar-refractivity contribution < 1.29 is 19.0 Å². The summed E-state index contributed by atoms with van der Waals surface area (Å²) >= 11 is 0. The number of ketones is 1. The lowest BCUT2D eigenvalue weighted by molar-refractivity contribution is 0.0314. The summed E-state index contributed by atoms with van der Waals surface area (Å²) in [5.74, 6) is 1.57. The van der Waals surface area contributed by atoms with Crippen LogP contribution in [0.3, 0.4) is 0 Å². The molecule has 1 unspecified atom stereocenters. The van der Waals surface area contributed by atoms with Gasteiger partial charge in [0.1, 0.15) is 17.6 Å². The predicted molar refractivity (Wildman–Crippen MR) is 81.2 cm³/mol. The molecule has 0 heterocycles. The van der Waals surface area contributed by atoms with E-state index < -0.39 is 0 Å². The van der Waals surface area contributed by atoms with Crippen LogP contribution in [-0.4, -0.2) is 33.2 Å².